The number of aromatic nitrogens is 2. The second-order valence-corrected chi connectivity index (χ2v) is 8.36. The van der Waals surface area contributed by atoms with Crippen molar-refractivity contribution < 1.29 is 22.7 Å². The van der Waals surface area contributed by atoms with E-state index in [4.69, 9.17) is 0 Å². The molecule has 0 atom stereocenters. The van der Waals surface area contributed by atoms with E-state index in [9.17, 15) is 22.7 Å². The minimum Gasteiger partial charge on any atom is -0.506 e. The van der Waals surface area contributed by atoms with Crippen molar-refractivity contribution in [3.05, 3.63) is 30.3 Å². The Kier molecular flexibility index (Phi) is 5.36. The monoisotopic (exact) mass is 409 g/mol. The topological polar surface area (TPSA) is 125 Å². The summed E-state index contributed by atoms with van der Waals surface area (Å²) in [5.74, 6) is -1.44. The molecule has 1 aromatic carbocycles. The number of hydrogen-bond acceptors (Lipinski definition) is 7. The fraction of sp³-hybridized carbons (Fsp3) is 0.353. The molecule has 3 N–H and O–H groups in total. The average Bonchev–Trinajstić information content (AvgIpc) is 2.86. The van der Waals surface area contributed by atoms with Gasteiger partial charge in [0, 0.05) is 24.5 Å². The van der Waals surface area contributed by atoms with Gasteiger partial charge in [0.05, 0.1) is 0 Å². The van der Waals surface area contributed by atoms with E-state index in [-0.39, 0.29) is 5.56 Å². The van der Waals surface area contributed by atoms with Crippen LogP contribution in [0.25, 0.3) is 11.1 Å². The number of halogens is 1. The number of amides is 1. The third-order valence-electron chi connectivity index (χ3n) is 4.10. The molecule has 0 unspecified atom stereocenters. The molecule has 150 valence electrons. The highest BCUT2D eigenvalue weighted by atomic mass is 32.2. The zero-order valence-corrected chi connectivity index (χ0v) is 16.1. The van der Waals surface area contributed by atoms with Gasteiger partial charge in [-0.3, -0.25) is 4.79 Å². The van der Waals surface area contributed by atoms with Crippen molar-refractivity contribution in [2.45, 2.75) is 20.3 Å². The second kappa shape index (κ2) is 7.58. The van der Waals surface area contributed by atoms with Gasteiger partial charge in [-0.15, -0.1) is 0 Å². The van der Waals surface area contributed by atoms with Crippen LogP contribution in [0.2, 0.25) is 0 Å². The Bertz CT molecular complexity index is 972. The molecule has 0 radical (unpaired) electrons. The van der Waals surface area contributed by atoms with Gasteiger partial charge in [-0.1, -0.05) is 13.8 Å². The van der Waals surface area contributed by atoms with Crippen molar-refractivity contribution in [1.82, 2.24) is 14.7 Å². The van der Waals surface area contributed by atoms with Crippen molar-refractivity contribution in [3.8, 4) is 16.9 Å². The van der Waals surface area contributed by atoms with Crippen LogP contribution in [0.4, 0.5) is 16.0 Å². The number of nitrogens with one attached hydrogen (secondary N) is 2. The summed E-state index contributed by atoms with van der Waals surface area (Å²) in [7, 11) is -4.23. The van der Waals surface area contributed by atoms with Crippen LogP contribution < -0.4 is 14.3 Å². The minimum atomic E-state index is -4.23. The predicted molar refractivity (Wildman–Crippen MR) is 101 cm³/mol. The molecule has 1 amide bonds. The van der Waals surface area contributed by atoms with Crippen LogP contribution >= 0.6 is 0 Å². The van der Waals surface area contributed by atoms with Gasteiger partial charge in [-0.05, 0) is 30.0 Å². The number of benzene rings is 1. The maximum atomic E-state index is 14.6. The smallest absolute Gasteiger partial charge is 0.326 e. The minimum absolute atomic E-state index is 0.267. The zero-order chi connectivity index (χ0) is 20.5. The molecule has 0 spiro atoms. The van der Waals surface area contributed by atoms with E-state index in [1.165, 1.54) is 18.5 Å². The zero-order valence-electron chi connectivity index (χ0n) is 15.3. The number of rotatable bonds is 6. The first-order chi connectivity index (χ1) is 13.2. The Morgan fingerprint density at radius 1 is 1.29 bits per heavy atom. The third-order valence-corrected chi connectivity index (χ3v) is 5.48. The Morgan fingerprint density at radius 2 is 1.96 bits per heavy atom. The van der Waals surface area contributed by atoms with Crippen molar-refractivity contribution in [2.75, 3.05) is 22.7 Å². The Labute approximate surface area is 161 Å². The lowest BCUT2D eigenvalue weighted by molar-refractivity contribution is -0.117. The summed E-state index contributed by atoms with van der Waals surface area (Å²) in [6, 6.07) is 2.25. The van der Waals surface area contributed by atoms with Gasteiger partial charge in [-0.2, -0.15) is 8.42 Å². The summed E-state index contributed by atoms with van der Waals surface area (Å²) in [5, 5.41) is 13.3. The Morgan fingerprint density at radius 3 is 2.50 bits per heavy atom. The molecular weight excluding hydrogens is 389 g/mol. The van der Waals surface area contributed by atoms with Crippen LogP contribution in [0, 0.1) is 11.7 Å². The van der Waals surface area contributed by atoms with E-state index in [1.807, 2.05) is 0 Å². The van der Waals surface area contributed by atoms with E-state index in [0.717, 1.165) is 19.0 Å². The summed E-state index contributed by atoms with van der Waals surface area (Å²) >= 11 is 0. The molecule has 1 aliphatic heterocycles. The van der Waals surface area contributed by atoms with Crippen molar-refractivity contribution >= 4 is 27.8 Å². The fourth-order valence-electron chi connectivity index (χ4n) is 2.69. The first-order valence-corrected chi connectivity index (χ1v) is 10.0. The molecule has 0 aliphatic carbocycles. The average molecular weight is 409 g/mol. The molecule has 9 nitrogen and oxygen atoms in total. The lowest BCUT2D eigenvalue weighted by Gasteiger charge is -2.17. The van der Waals surface area contributed by atoms with E-state index in [0.29, 0.717) is 21.7 Å². The molecule has 1 saturated heterocycles. The number of phenols is 1. The standard InChI is InChI=1S/C17H20FN5O4S/c1-10(2)3-4-19-17-20-7-12(8-21-17)11-5-13(18)16(14(24)6-11)23-9-15(25)22-28(23,26)27/h5-8,10,24H,3-4,9H2,1-2H3,(H,22,25)(H,19,20,21). The maximum absolute atomic E-state index is 14.6. The van der Waals surface area contributed by atoms with Crippen LogP contribution in [0.3, 0.4) is 0 Å². The van der Waals surface area contributed by atoms with Crippen molar-refractivity contribution in [1.29, 1.82) is 0 Å². The number of carbonyl (C=O) groups excluding carboxylic acids is 1. The Balaban J connectivity index is 1.84. The molecule has 11 heteroatoms. The van der Waals surface area contributed by atoms with Gasteiger partial charge in [-0.25, -0.2) is 23.4 Å². The number of carbonyl (C=O) groups is 1. The Hall–Kier alpha value is -2.95. The molecule has 2 aromatic rings. The van der Waals surface area contributed by atoms with Gasteiger partial charge in [0.2, 0.25) is 5.95 Å². The largest absolute Gasteiger partial charge is 0.506 e. The van der Waals surface area contributed by atoms with Gasteiger partial charge in [0.25, 0.3) is 5.91 Å². The predicted octanol–water partition coefficient (Wildman–Crippen LogP) is 1.63. The first kappa shape index (κ1) is 19.8. The number of hydrogen-bond donors (Lipinski definition) is 3. The van der Waals surface area contributed by atoms with Crippen molar-refractivity contribution in [3.63, 3.8) is 0 Å². The summed E-state index contributed by atoms with van der Waals surface area (Å²) in [5.41, 5.74) is 0.118. The summed E-state index contributed by atoms with van der Waals surface area (Å²) in [4.78, 5) is 19.7. The van der Waals surface area contributed by atoms with E-state index >= 15 is 0 Å². The van der Waals surface area contributed by atoms with Crippen molar-refractivity contribution in [2.24, 2.45) is 5.92 Å². The molecule has 2 heterocycles. The molecule has 28 heavy (non-hydrogen) atoms. The van der Waals surface area contributed by atoms with Crippen LogP contribution in [-0.2, 0) is 15.0 Å². The van der Waals surface area contributed by atoms with Crippen LogP contribution in [0.1, 0.15) is 20.3 Å². The lowest BCUT2D eigenvalue weighted by atomic mass is 10.1. The van der Waals surface area contributed by atoms with Gasteiger partial charge in [0.1, 0.15) is 18.0 Å². The van der Waals surface area contributed by atoms with Crippen LogP contribution in [0.5, 0.6) is 5.75 Å². The molecule has 0 saturated carbocycles. The highest BCUT2D eigenvalue weighted by Crippen LogP contribution is 2.37. The van der Waals surface area contributed by atoms with Gasteiger partial charge < -0.3 is 10.4 Å². The van der Waals surface area contributed by atoms with E-state index in [2.05, 4.69) is 29.1 Å². The molecule has 1 aromatic heterocycles. The molecule has 3 rings (SSSR count). The van der Waals surface area contributed by atoms with E-state index in [1.54, 1.807) is 4.72 Å². The highest BCUT2D eigenvalue weighted by Gasteiger charge is 2.37. The second-order valence-electron chi connectivity index (χ2n) is 6.77. The summed E-state index contributed by atoms with van der Waals surface area (Å²) in [6.45, 7) is 4.33. The number of anilines is 2. The van der Waals surface area contributed by atoms with E-state index < -0.39 is 39.9 Å². The lowest BCUT2D eigenvalue weighted by Crippen LogP contribution is -2.30. The summed E-state index contributed by atoms with van der Waals surface area (Å²) < 4.78 is 40.6. The highest BCUT2D eigenvalue weighted by molar-refractivity contribution is 7.92. The number of aromatic hydroxyl groups is 1. The number of phenolic OH excluding ortho intramolecular Hbond substituents is 1. The van der Waals surface area contributed by atoms with Crippen LogP contribution in [0.15, 0.2) is 24.5 Å². The molecular formula is C17H20FN5O4S. The molecule has 1 fully saturated rings. The normalized spacial score (nSPS) is 15.7. The van der Waals surface area contributed by atoms with Gasteiger partial charge >= 0.3 is 10.2 Å². The molecule has 0 bridgehead atoms. The van der Waals surface area contributed by atoms with Gasteiger partial charge in [0.15, 0.2) is 5.82 Å². The number of nitrogens with zero attached hydrogens (tertiary/aromatic N) is 3. The summed E-state index contributed by atoms with van der Waals surface area (Å²) in [6.07, 6.45) is 3.90. The molecule has 1 aliphatic rings. The van der Waals surface area contributed by atoms with Crippen LogP contribution in [-0.4, -0.2) is 42.5 Å². The quantitative estimate of drug-likeness (QED) is 0.662. The third kappa shape index (κ3) is 4.14. The SMILES string of the molecule is CC(C)CCNc1ncc(-c2cc(O)c(N3CC(=O)NS3(=O)=O)c(F)c2)cn1. The maximum Gasteiger partial charge on any atom is 0.326 e. The first-order valence-electron chi connectivity index (χ1n) is 8.59. The fourth-order valence-corrected chi connectivity index (χ4v) is 3.86.